The van der Waals surface area contributed by atoms with Crippen LogP contribution in [0, 0.1) is 6.92 Å². The van der Waals surface area contributed by atoms with Gasteiger partial charge in [-0.2, -0.15) is 20.2 Å². The zero-order valence-electron chi connectivity index (χ0n) is 10.2. The van der Waals surface area contributed by atoms with E-state index in [4.69, 9.17) is 0 Å². The topological polar surface area (TPSA) is 49.7 Å². The average Bonchev–Trinajstić information content (AvgIpc) is 2.38. The van der Waals surface area contributed by atoms with Gasteiger partial charge >= 0.3 is 0 Å². The van der Waals surface area contributed by atoms with E-state index in [-0.39, 0.29) is 4.90 Å². The van der Waals surface area contributed by atoms with Crippen molar-refractivity contribution in [1.82, 2.24) is 4.90 Å². The van der Waals surface area contributed by atoms with Crippen LogP contribution in [0.5, 0.6) is 0 Å². The molecule has 0 bridgehead atoms. The second kappa shape index (κ2) is 5.75. The summed E-state index contributed by atoms with van der Waals surface area (Å²) in [6.07, 6.45) is 1.45. The number of sulfonamides is 1. The van der Waals surface area contributed by atoms with Crippen molar-refractivity contribution in [2.45, 2.75) is 11.8 Å². The summed E-state index contributed by atoms with van der Waals surface area (Å²) in [5, 5.41) is 0. The molecule has 1 aromatic rings. The Kier molecular flexibility index (Phi) is 4.29. The van der Waals surface area contributed by atoms with Crippen molar-refractivity contribution in [3.63, 3.8) is 0 Å². The average molecular weight is 284 g/mol. The van der Waals surface area contributed by atoms with Gasteiger partial charge in [-0.15, -0.1) is 4.40 Å². The zero-order chi connectivity index (χ0) is 13.0. The molecule has 0 unspecified atom stereocenters. The van der Waals surface area contributed by atoms with Gasteiger partial charge in [0.1, 0.15) is 6.34 Å². The fourth-order valence-electron chi connectivity index (χ4n) is 1.59. The minimum atomic E-state index is -3.56. The molecule has 98 valence electrons. The van der Waals surface area contributed by atoms with Gasteiger partial charge in [-0.1, -0.05) is 17.7 Å². The Hall–Kier alpha value is -1.01. The highest BCUT2D eigenvalue weighted by molar-refractivity contribution is 7.99. The molecule has 1 aliphatic rings. The Morgan fingerprint density at radius 3 is 2.44 bits per heavy atom. The Morgan fingerprint density at radius 2 is 1.83 bits per heavy atom. The minimum Gasteiger partial charge on any atom is -0.360 e. The first-order chi connectivity index (χ1) is 8.58. The van der Waals surface area contributed by atoms with Gasteiger partial charge in [0.05, 0.1) is 4.90 Å². The van der Waals surface area contributed by atoms with E-state index in [9.17, 15) is 8.42 Å². The summed E-state index contributed by atoms with van der Waals surface area (Å²) >= 11 is 1.88. The third-order valence-electron chi connectivity index (χ3n) is 2.71. The molecule has 18 heavy (non-hydrogen) atoms. The quantitative estimate of drug-likeness (QED) is 0.627. The predicted octanol–water partition coefficient (Wildman–Crippen LogP) is 1.76. The van der Waals surface area contributed by atoms with Crippen molar-refractivity contribution in [3.8, 4) is 0 Å². The molecule has 0 aliphatic carbocycles. The van der Waals surface area contributed by atoms with E-state index >= 15 is 0 Å². The molecule has 0 N–H and O–H groups in total. The fourth-order valence-corrected chi connectivity index (χ4v) is 3.38. The van der Waals surface area contributed by atoms with Crippen molar-refractivity contribution < 1.29 is 8.42 Å². The smallest absolute Gasteiger partial charge is 0.283 e. The lowest BCUT2D eigenvalue weighted by molar-refractivity contribution is 0.477. The molecule has 1 saturated heterocycles. The van der Waals surface area contributed by atoms with Gasteiger partial charge in [0.15, 0.2) is 0 Å². The van der Waals surface area contributed by atoms with Gasteiger partial charge in [0.25, 0.3) is 10.0 Å². The first-order valence-electron chi connectivity index (χ1n) is 5.77. The van der Waals surface area contributed by atoms with E-state index in [1.54, 1.807) is 24.3 Å². The molecule has 2 rings (SSSR count). The SMILES string of the molecule is Cc1ccc(S(=O)(=O)N=CN2CCSCC2)cc1. The van der Waals surface area contributed by atoms with Gasteiger partial charge in [0, 0.05) is 24.6 Å². The van der Waals surface area contributed by atoms with Crippen LogP contribution >= 0.6 is 11.8 Å². The summed E-state index contributed by atoms with van der Waals surface area (Å²) in [6.45, 7) is 3.64. The Labute approximate surface area is 112 Å². The van der Waals surface area contributed by atoms with E-state index in [1.165, 1.54) is 6.34 Å². The van der Waals surface area contributed by atoms with Crippen LogP contribution in [0.4, 0.5) is 0 Å². The Bertz CT molecular complexity index is 518. The van der Waals surface area contributed by atoms with Crippen LogP contribution in [0.3, 0.4) is 0 Å². The number of hydrogen-bond donors (Lipinski definition) is 0. The van der Waals surface area contributed by atoms with Gasteiger partial charge < -0.3 is 4.90 Å². The minimum absolute atomic E-state index is 0.246. The normalized spacial score (nSPS) is 17.3. The van der Waals surface area contributed by atoms with Gasteiger partial charge in [-0.25, -0.2) is 0 Å². The standard InChI is InChI=1S/C12H16N2O2S2/c1-11-2-4-12(5-3-11)18(15,16)13-10-14-6-8-17-9-7-14/h2-5,10H,6-9H2,1H3. The van der Waals surface area contributed by atoms with Crippen molar-refractivity contribution in [2.24, 2.45) is 4.40 Å². The van der Waals surface area contributed by atoms with Crippen LogP contribution in [0.1, 0.15) is 5.56 Å². The molecule has 0 aromatic heterocycles. The maximum atomic E-state index is 12.0. The molecule has 6 heteroatoms. The second-order valence-electron chi connectivity index (χ2n) is 4.16. The van der Waals surface area contributed by atoms with Crippen LogP contribution in [0.2, 0.25) is 0 Å². The summed E-state index contributed by atoms with van der Waals surface area (Å²) in [6, 6.07) is 6.74. The third kappa shape index (κ3) is 3.49. The van der Waals surface area contributed by atoms with Crippen molar-refractivity contribution in [3.05, 3.63) is 29.8 Å². The first kappa shape index (κ1) is 13.4. The lowest BCUT2D eigenvalue weighted by Gasteiger charge is -2.23. The van der Waals surface area contributed by atoms with Gasteiger partial charge in [-0.3, -0.25) is 0 Å². The molecule has 0 amide bonds. The predicted molar refractivity (Wildman–Crippen MR) is 75.8 cm³/mol. The lowest BCUT2D eigenvalue weighted by atomic mass is 10.2. The molecule has 0 saturated carbocycles. The maximum Gasteiger partial charge on any atom is 0.283 e. The molecule has 1 fully saturated rings. The second-order valence-corrected chi connectivity index (χ2v) is 7.01. The number of benzene rings is 1. The van der Waals surface area contributed by atoms with E-state index in [1.807, 2.05) is 23.6 Å². The molecule has 0 spiro atoms. The fraction of sp³-hybridized carbons (Fsp3) is 0.417. The summed E-state index contributed by atoms with van der Waals surface area (Å²) in [4.78, 5) is 2.19. The molecule has 4 nitrogen and oxygen atoms in total. The molecule has 1 aliphatic heterocycles. The lowest BCUT2D eigenvalue weighted by Crippen LogP contribution is -2.31. The number of aryl methyl sites for hydroxylation is 1. The summed E-state index contributed by atoms with van der Waals surface area (Å²) in [7, 11) is -3.56. The number of nitrogens with zero attached hydrogens (tertiary/aromatic N) is 2. The highest BCUT2D eigenvalue weighted by Gasteiger charge is 2.13. The Morgan fingerprint density at radius 1 is 1.22 bits per heavy atom. The van der Waals surface area contributed by atoms with Crippen molar-refractivity contribution in [1.29, 1.82) is 0 Å². The molecule has 1 aromatic carbocycles. The maximum absolute atomic E-state index is 12.0. The van der Waals surface area contributed by atoms with E-state index in [0.29, 0.717) is 0 Å². The number of hydrogen-bond acceptors (Lipinski definition) is 3. The van der Waals surface area contributed by atoms with Crippen LogP contribution in [-0.2, 0) is 10.0 Å². The van der Waals surface area contributed by atoms with Crippen LogP contribution in [-0.4, -0.2) is 44.3 Å². The third-order valence-corrected chi connectivity index (χ3v) is 4.90. The molecule has 1 heterocycles. The zero-order valence-corrected chi connectivity index (χ0v) is 11.9. The van der Waals surface area contributed by atoms with E-state index < -0.39 is 10.0 Å². The molecular weight excluding hydrogens is 268 g/mol. The van der Waals surface area contributed by atoms with Crippen molar-refractivity contribution >= 4 is 28.1 Å². The van der Waals surface area contributed by atoms with Gasteiger partial charge in [-0.05, 0) is 19.1 Å². The molecule has 0 atom stereocenters. The summed E-state index contributed by atoms with van der Waals surface area (Å²) < 4.78 is 27.7. The largest absolute Gasteiger partial charge is 0.360 e. The van der Waals surface area contributed by atoms with E-state index in [0.717, 1.165) is 30.2 Å². The summed E-state index contributed by atoms with van der Waals surface area (Å²) in [5.41, 5.74) is 1.03. The molecule has 0 radical (unpaired) electrons. The van der Waals surface area contributed by atoms with E-state index in [2.05, 4.69) is 4.40 Å². The van der Waals surface area contributed by atoms with Gasteiger partial charge in [0.2, 0.25) is 0 Å². The highest BCUT2D eigenvalue weighted by atomic mass is 32.2. The van der Waals surface area contributed by atoms with Crippen molar-refractivity contribution in [2.75, 3.05) is 24.6 Å². The highest BCUT2D eigenvalue weighted by Crippen LogP contribution is 2.13. The number of rotatable bonds is 3. The van der Waals surface area contributed by atoms with Crippen LogP contribution in [0.25, 0.3) is 0 Å². The van der Waals surface area contributed by atoms with Crippen LogP contribution < -0.4 is 0 Å². The molecular formula is C12H16N2O2S2. The first-order valence-corrected chi connectivity index (χ1v) is 8.36. The number of thioether (sulfide) groups is 1. The van der Waals surface area contributed by atoms with Crippen LogP contribution in [0.15, 0.2) is 33.6 Å². The summed E-state index contributed by atoms with van der Waals surface area (Å²) in [5.74, 6) is 2.05. The monoisotopic (exact) mass is 284 g/mol. The Balaban J connectivity index is 2.11.